The van der Waals surface area contributed by atoms with Gasteiger partial charge in [0.25, 0.3) is 0 Å². The summed E-state index contributed by atoms with van der Waals surface area (Å²) in [7, 11) is 0. The van der Waals surface area contributed by atoms with E-state index < -0.39 is 17.7 Å². The lowest BCUT2D eigenvalue weighted by Gasteiger charge is -2.20. The monoisotopic (exact) mass is 290 g/mol. The van der Waals surface area contributed by atoms with Crippen LogP contribution in [0, 0.1) is 0 Å². The van der Waals surface area contributed by atoms with Crippen LogP contribution >= 0.6 is 0 Å². The second kappa shape index (κ2) is 7.31. The number of nitrogens with one attached hydrogen (secondary N) is 1. The summed E-state index contributed by atoms with van der Waals surface area (Å²) in [4.78, 5) is 26.4. The van der Waals surface area contributed by atoms with Crippen LogP contribution in [0.4, 0.5) is 4.79 Å². The van der Waals surface area contributed by atoms with E-state index in [0.29, 0.717) is 5.56 Å². The van der Waals surface area contributed by atoms with Crippen LogP contribution in [0.2, 0.25) is 0 Å². The molecule has 7 nitrogen and oxygen atoms in total. The third-order valence-corrected chi connectivity index (χ3v) is 2.39. The highest BCUT2D eigenvalue weighted by molar-refractivity contribution is 6.00. The standard InChI is InChI=1S/C14H18N4O3/c1-14(2,3)21-13(20)16-9-11(17-18-15)12(19)10-7-5-4-6-8-10/h4-8,11H,9H2,1-3H3,(H,16,20). The Morgan fingerprint density at radius 3 is 2.48 bits per heavy atom. The molecule has 0 saturated carbocycles. The highest BCUT2D eigenvalue weighted by Gasteiger charge is 2.21. The molecule has 112 valence electrons. The minimum atomic E-state index is -1.01. The summed E-state index contributed by atoms with van der Waals surface area (Å²) < 4.78 is 5.06. The van der Waals surface area contributed by atoms with Crippen molar-refractivity contribution >= 4 is 11.9 Å². The van der Waals surface area contributed by atoms with Gasteiger partial charge in [0.1, 0.15) is 11.6 Å². The van der Waals surface area contributed by atoms with Crippen molar-refractivity contribution in [1.29, 1.82) is 0 Å². The molecule has 0 aliphatic carbocycles. The number of azide groups is 1. The number of ether oxygens (including phenoxy) is 1. The molecule has 0 bridgehead atoms. The summed E-state index contributed by atoms with van der Waals surface area (Å²) in [5, 5.41) is 5.86. The predicted molar refractivity (Wildman–Crippen MR) is 77.9 cm³/mol. The van der Waals surface area contributed by atoms with Crippen LogP contribution < -0.4 is 5.32 Å². The Kier molecular flexibility index (Phi) is 5.75. The second-order valence-electron chi connectivity index (χ2n) is 5.33. The van der Waals surface area contributed by atoms with Gasteiger partial charge in [0.05, 0.1) is 0 Å². The van der Waals surface area contributed by atoms with Gasteiger partial charge in [0.2, 0.25) is 0 Å². The van der Waals surface area contributed by atoms with Gasteiger partial charge in [0.15, 0.2) is 5.78 Å². The number of carbonyl (C=O) groups is 2. The van der Waals surface area contributed by atoms with Gasteiger partial charge in [0, 0.05) is 17.0 Å². The number of hydrogen-bond donors (Lipinski definition) is 1. The summed E-state index contributed by atoms with van der Waals surface area (Å²) in [5.41, 5.74) is 8.33. The first-order valence-electron chi connectivity index (χ1n) is 6.44. The molecule has 0 aliphatic rings. The van der Waals surface area contributed by atoms with Crippen LogP contribution in [0.15, 0.2) is 35.4 Å². The summed E-state index contributed by atoms with van der Waals surface area (Å²) in [6.45, 7) is 5.07. The maximum absolute atomic E-state index is 12.2. The molecule has 0 aliphatic heterocycles. The molecule has 0 aromatic heterocycles. The smallest absolute Gasteiger partial charge is 0.407 e. The lowest BCUT2D eigenvalue weighted by Crippen LogP contribution is -2.38. The van der Waals surface area contributed by atoms with Crippen molar-refractivity contribution in [3.63, 3.8) is 0 Å². The van der Waals surface area contributed by atoms with Gasteiger partial charge in [-0.25, -0.2) is 4.79 Å². The maximum atomic E-state index is 12.2. The van der Waals surface area contributed by atoms with E-state index in [4.69, 9.17) is 10.3 Å². The van der Waals surface area contributed by atoms with Crippen LogP contribution in [-0.4, -0.2) is 30.1 Å². The SMILES string of the molecule is CC(C)(C)OC(=O)NCC(N=[N+]=[N-])C(=O)c1ccccc1. The fourth-order valence-corrected chi connectivity index (χ4v) is 1.54. The van der Waals surface area contributed by atoms with Crippen molar-refractivity contribution in [2.75, 3.05) is 6.54 Å². The third-order valence-electron chi connectivity index (χ3n) is 2.39. The molecule has 1 atom stereocenters. The van der Waals surface area contributed by atoms with Gasteiger partial charge in [-0.3, -0.25) is 4.79 Å². The largest absolute Gasteiger partial charge is 0.444 e. The summed E-state index contributed by atoms with van der Waals surface area (Å²) in [6.07, 6.45) is -0.665. The minimum absolute atomic E-state index is 0.118. The van der Waals surface area contributed by atoms with Crippen LogP contribution in [-0.2, 0) is 4.74 Å². The average Bonchev–Trinajstić information content (AvgIpc) is 2.42. The van der Waals surface area contributed by atoms with E-state index in [1.807, 2.05) is 0 Å². The van der Waals surface area contributed by atoms with Gasteiger partial charge in [-0.05, 0) is 26.3 Å². The number of ketones is 1. The number of Topliss-reactive ketones (excluding diaryl/α,β-unsaturated/α-hetero) is 1. The van der Waals surface area contributed by atoms with Crippen LogP contribution in [0.3, 0.4) is 0 Å². The van der Waals surface area contributed by atoms with E-state index in [1.54, 1.807) is 51.1 Å². The van der Waals surface area contributed by atoms with Crippen LogP contribution in [0.25, 0.3) is 10.4 Å². The zero-order chi connectivity index (χ0) is 15.9. The fraction of sp³-hybridized carbons (Fsp3) is 0.429. The average molecular weight is 290 g/mol. The Labute approximate surface area is 122 Å². The number of alkyl carbamates (subject to hydrolysis) is 1. The van der Waals surface area contributed by atoms with E-state index in [-0.39, 0.29) is 12.3 Å². The van der Waals surface area contributed by atoms with Gasteiger partial charge in [-0.15, -0.1) is 0 Å². The molecule has 1 aromatic rings. The van der Waals surface area contributed by atoms with E-state index in [2.05, 4.69) is 15.3 Å². The van der Waals surface area contributed by atoms with Crippen molar-refractivity contribution < 1.29 is 14.3 Å². The number of hydrogen-bond acceptors (Lipinski definition) is 4. The zero-order valence-corrected chi connectivity index (χ0v) is 12.2. The molecule has 1 unspecified atom stereocenters. The van der Waals surface area contributed by atoms with Crippen molar-refractivity contribution in [3.8, 4) is 0 Å². The molecular formula is C14H18N4O3. The van der Waals surface area contributed by atoms with E-state index in [0.717, 1.165) is 0 Å². The zero-order valence-electron chi connectivity index (χ0n) is 12.2. The van der Waals surface area contributed by atoms with Crippen molar-refractivity contribution in [3.05, 3.63) is 46.3 Å². The molecule has 1 rings (SSSR count). The lowest BCUT2D eigenvalue weighted by molar-refractivity contribution is 0.0524. The Bertz CT molecular complexity index is 545. The van der Waals surface area contributed by atoms with Gasteiger partial charge in [-0.1, -0.05) is 35.4 Å². The molecule has 0 radical (unpaired) electrons. The molecular weight excluding hydrogens is 272 g/mol. The molecule has 0 heterocycles. The quantitative estimate of drug-likeness (QED) is 0.390. The number of amides is 1. The van der Waals surface area contributed by atoms with Gasteiger partial charge >= 0.3 is 6.09 Å². The summed E-state index contributed by atoms with van der Waals surface area (Å²) in [6, 6.07) is 7.43. The van der Waals surface area contributed by atoms with Gasteiger partial charge < -0.3 is 10.1 Å². The Morgan fingerprint density at radius 2 is 1.95 bits per heavy atom. The van der Waals surface area contributed by atoms with Crippen molar-refractivity contribution in [1.82, 2.24) is 5.32 Å². The first kappa shape index (κ1) is 16.5. The highest BCUT2D eigenvalue weighted by atomic mass is 16.6. The molecule has 7 heteroatoms. The van der Waals surface area contributed by atoms with Gasteiger partial charge in [-0.2, -0.15) is 0 Å². The van der Waals surface area contributed by atoms with E-state index in [1.165, 1.54) is 0 Å². The maximum Gasteiger partial charge on any atom is 0.407 e. The number of carbonyl (C=O) groups excluding carboxylic acids is 2. The Hall–Kier alpha value is -2.53. The summed E-state index contributed by atoms with van der Waals surface area (Å²) >= 11 is 0. The predicted octanol–water partition coefficient (Wildman–Crippen LogP) is 3.07. The Morgan fingerprint density at radius 1 is 1.33 bits per heavy atom. The molecule has 21 heavy (non-hydrogen) atoms. The first-order chi connectivity index (χ1) is 9.83. The van der Waals surface area contributed by atoms with Crippen molar-refractivity contribution in [2.24, 2.45) is 5.11 Å². The second-order valence-corrected chi connectivity index (χ2v) is 5.33. The van der Waals surface area contributed by atoms with E-state index in [9.17, 15) is 9.59 Å². The number of rotatable bonds is 5. The molecule has 1 N–H and O–H groups in total. The first-order valence-corrected chi connectivity index (χ1v) is 6.44. The normalized spacial score (nSPS) is 12.0. The third kappa shape index (κ3) is 5.97. The van der Waals surface area contributed by atoms with Crippen molar-refractivity contribution in [2.45, 2.75) is 32.4 Å². The highest BCUT2D eigenvalue weighted by Crippen LogP contribution is 2.08. The van der Waals surface area contributed by atoms with E-state index >= 15 is 0 Å². The number of benzene rings is 1. The molecule has 1 aromatic carbocycles. The fourth-order valence-electron chi connectivity index (χ4n) is 1.54. The lowest BCUT2D eigenvalue weighted by atomic mass is 10.1. The molecule has 0 spiro atoms. The molecule has 0 saturated heterocycles. The van der Waals surface area contributed by atoms with Crippen LogP contribution in [0.1, 0.15) is 31.1 Å². The summed E-state index contributed by atoms with van der Waals surface area (Å²) in [5.74, 6) is -0.357. The Balaban J connectivity index is 2.69. The van der Waals surface area contributed by atoms with Crippen LogP contribution in [0.5, 0.6) is 0 Å². The molecule has 1 amide bonds. The number of nitrogens with zero attached hydrogens (tertiary/aromatic N) is 3. The minimum Gasteiger partial charge on any atom is -0.444 e. The topological polar surface area (TPSA) is 104 Å². The molecule has 0 fully saturated rings.